The van der Waals surface area contributed by atoms with Crippen molar-refractivity contribution in [3.8, 4) is 0 Å². The van der Waals surface area contributed by atoms with Crippen molar-refractivity contribution in [1.29, 1.82) is 0 Å². The molecule has 0 aromatic heterocycles. The van der Waals surface area contributed by atoms with Gasteiger partial charge >= 0.3 is 0 Å². The molecule has 5 heteroatoms. The second-order valence-corrected chi connectivity index (χ2v) is 5.56. The van der Waals surface area contributed by atoms with Crippen LogP contribution in [0.5, 0.6) is 0 Å². The van der Waals surface area contributed by atoms with Crippen molar-refractivity contribution in [2.24, 2.45) is 0 Å². The number of nitrogens with zero attached hydrogens (tertiary/aromatic N) is 1. The Morgan fingerprint density at radius 1 is 1.38 bits per heavy atom. The van der Waals surface area contributed by atoms with E-state index in [4.69, 9.17) is 5.73 Å². The predicted molar refractivity (Wildman–Crippen MR) is 85.7 cm³/mol. The quantitative estimate of drug-likeness (QED) is 0.572. The summed E-state index contributed by atoms with van der Waals surface area (Å²) < 4.78 is 13.1. The normalized spacial score (nSPS) is 11.1. The lowest BCUT2D eigenvalue weighted by Gasteiger charge is -2.25. The molecule has 0 saturated carbocycles. The van der Waals surface area contributed by atoms with Gasteiger partial charge in [-0.25, -0.2) is 4.39 Å². The van der Waals surface area contributed by atoms with Gasteiger partial charge in [-0.2, -0.15) is 0 Å². The number of anilines is 2. The van der Waals surface area contributed by atoms with Crippen LogP contribution in [0.25, 0.3) is 0 Å². The van der Waals surface area contributed by atoms with E-state index in [2.05, 4.69) is 31.0 Å². The van der Waals surface area contributed by atoms with Crippen molar-refractivity contribution in [2.45, 2.75) is 46.1 Å². The first-order chi connectivity index (χ1) is 9.93. The number of nitrogen functional groups attached to an aromatic ring is 1. The average molecular weight is 295 g/mol. The summed E-state index contributed by atoms with van der Waals surface area (Å²) in [4.78, 5) is 14.2. The Balaban J connectivity index is 2.54. The molecule has 0 bridgehead atoms. The van der Waals surface area contributed by atoms with Crippen LogP contribution in [0.2, 0.25) is 0 Å². The number of amides is 1. The van der Waals surface area contributed by atoms with E-state index in [1.807, 2.05) is 0 Å². The maximum Gasteiger partial charge on any atom is 0.238 e. The fraction of sp³-hybridized carbons (Fsp3) is 0.562. The number of halogens is 1. The Bertz CT molecular complexity index is 463. The number of rotatable bonds is 8. The Morgan fingerprint density at radius 2 is 2.10 bits per heavy atom. The van der Waals surface area contributed by atoms with Crippen LogP contribution in [-0.2, 0) is 4.79 Å². The third kappa shape index (κ3) is 6.12. The lowest BCUT2D eigenvalue weighted by Crippen LogP contribution is -2.38. The van der Waals surface area contributed by atoms with Crippen LogP contribution in [0.3, 0.4) is 0 Å². The number of hydrogen-bond acceptors (Lipinski definition) is 3. The lowest BCUT2D eigenvalue weighted by atomic mass is 10.2. The van der Waals surface area contributed by atoms with Crippen LogP contribution < -0.4 is 11.1 Å². The summed E-state index contributed by atoms with van der Waals surface area (Å²) >= 11 is 0. The van der Waals surface area contributed by atoms with Crippen molar-refractivity contribution < 1.29 is 9.18 Å². The molecule has 0 saturated heterocycles. The number of nitrogens with one attached hydrogen (secondary N) is 1. The molecule has 0 radical (unpaired) electrons. The summed E-state index contributed by atoms with van der Waals surface area (Å²) in [7, 11) is 0. The van der Waals surface area contributed by atoms with E-state index in [1.54, 1.807) is 0 Å². The van der Waals surface area contributed by atoms with E-state index in [0.29, 0.717) is 18.3 Å². The molecule has 0 fully saturated rings. The number of hydrogen-bond donors (Lipinski definition) is 2. The molecular weight excluding hydrogens is 269 g/mol. The van der Waals surface area contributed by atoms with E-state index in [-0.39, 0.29) is 11.6 Å². The molecular formula is C16H26FN3O. The third-order valence-corrected chi connectivity index (χ3v) is 3.41. The van der Waals surface area contributed by atoms with E-state index in [1.165, 1.54) is 24.6 Å². The molecule has 4 nitrogen and oxygen atoms in total. The van der Waals surface area contributed by atoms with Gasteiger partial charge in [0, 0.05) is 11.7 Å². The number of unbranched alkanes of at least 4 members (excludes halogenated alkanes) is 2. The smallest absolute Gasteiger partial charge is 0.238 e. The van der Waals surface area contributed by atoms with Crippen molar-refractivity contribution >= 4 is 17.3 Å². The summed E-state index contributed by atoms with van der Waals surface area (Å²) in [5, 5.41) is 2.76. The summed E-state index contributed by atoms with van der Waals surface area (Å²) in [5.41, 5.74) is 6.05. The molecule has 21 heavy (non-hydrogen) atoms. The van der Waals surface area contributed by atoms with Crippen LogP contribution in [0, 0.1) is 5.82 Å². The van der Waals surface area contributed by atoms with Crippen LogP contribution in [-0.4, -0.2) is 29.9 Å². The highest BCUT2D eigenvalue weighted by atomic mass is 19.1. The summed E-state index contributed by atoms with van der Waals surface area (Å²) in [5.74, 6) is -0.581. The molecule has 0 aliphatic heterocycles. The standard InChI is InChI=1S/C16H26FN3O/c1-4-5-6-9-20(12(2)3)11-16(21)19-13-7-8-14(17)15(18)10-13/h7-8,10,12H,4-6,9,11,18H2,1-3H3,(H,19,21). The first-order valence-electron chi connectivity index (χ1n) is 7.53. The van der Waals surface area contributed by atoms with E-state index < -0.39 is 5.82 Å². The maximum absolute atomic E-state index is 13.1. The largest absolute Gasteiger partial charge is 0.396 e. The highest BCUT2D eigenvalue weighted by Gasteiger charge is 2.14. The maximum atomic E-state index is 13.1. The van der Waals surface area contributed by atoms with Gasteiger partial charge in [0.1, 0.15) is 5.82 Å². The Hall–Kier alpha value is -1.62. The number of carbonyl (C=O) groups is 1. The molecule has 0 aliphatic rings. The molecule has 1 rings (SSSR count). The molecule has 118 valence electrons. The summed E-state index contributed by atoms with van der Waals surface area (Å²) in [6, 6.07) is 4.52. The monoisotopic (exact) mass is 295 g/mol. The van der Waals surface area contributed by atoms with Gasteiger partial charge in [-0.1, -0.05) is 19.8 Å². The predicted octanol–water partition coefficient (Wildman–Crippen LogP) is 3.25. The summed E-state index contributed by atoms with van der Waals surface area (Å²) in [6.45, 7) is 7.55. The molecule has 1 aromatic rings. The van der Waals surface area contributed by atoms with Crippen LogP contribution in [0.15, 0.2) is 18.2 Å². The van der Waals surface area contributed by atoms with Gasteiger partial charge in [-0.15, -0.1) is 0 Å². The molecule has 1 amide bonds. The number of benzene rings is 1. The minimum Gasteiger partial charge on any atom is -0.396 e. The van der Waals surface area contributed by atoms with Crippen LogP contribution in [0.1, 0.15) is 40.0 Å². The zero-order valence-corrected chi connectivity index (χ0v) is 13.2. The minimum atomic E-state index is -0.476. The fourth-order valence-electron chi connectivity index (χ4n) is 2.09. The van der Waals surface area contributed by atoms with Crippen molar-refractivity contribution in [3.05, 3.63) is 24.0 Å². The average Bonchev–Trinajstić information content (AvgIpc) is 2.42. The number of carbonyl (C=O) groups excluding carboxylic acids is 1. The zero-order chi connectivity index (χ0) is 15.8. The first-order valence-corrected chi connectivity index (χ1v) is 7.53. The zero-order valence-electron chi connectivity index (χ0n) is 13.2. The second-order valence-electron chi connectivity index (χ2n) is 5.56. The molecule has 0 unspecified atom stereocenters. The van der Waals surface area contributed by atoms with Gasteiger partial charge in [0.2, 0.25) is 5.91 Å². The van der Waals surface area contributed by atoms with Crippen LogP contribution >= 0.6 is 0 Å². The number of nitrogens with two attached hydrogens (primary N) is 1. The highest BCUT2D eigenvalue weighted by Crippen LogP contribution is 2.16. The molecule has 0 spiro atoms. The van der Waals surface area contributed by atoms with Gasteiger partial charge in [0.15, 0.2) is 0 Å². The molecule has 3 N–H and O–H groups in total. The van der Waals surface area contributed by atoms with Crippen molar-refractivity contribution in [2.75, 3.05) is 24.1 Å². The third-order valence-electron chi connectivity index (χ3n) is 3.41. The molecule has 1 aromatic carbocycles. The first kappa shape index (κ1) is 17.4. The fourth-order valence-corrected chi connectivity index (χ4v) is 2.09. The topological polar surface area (TPSA) is 58.4 Å². The van der Waals surface area contributed by atoms with E-state index in [0.717, 1.165) is 19.4 Å². The Kier molecular flexibility index (Phi) is 7.15. The van der Waals surface area contributed by atoms with Crippen molar-refractivity contribution in [1.82, 2.24) is 4.90 Å². The minimum absolute atomic E-state index is 0.0384. The lowest BCUT2D eigenvalue weighted by molar-refractivity contribution is -0.117. The molecule has 0 heterocycles. The van der Waals surface area contributed by atoms with Crippen LogP contribution in [0.4, 0.5) is 15.8 Å². The van der Waals surface area contributed by atoms with E-state index in [9.17, 15) is 9.18 Å². The molecule has 0 atom stereocenters. The highest BCUT2D eigenvalue weighted by molar-refractivity contribution is 5.92. The summed E-state index contributed by atoms with van der Waals surface area (Å²) in [6.07, 6.45) is 3.41. The Labute approximate surface area is 126 Å². The van der Waals surface area contributed by atoms with Crippen molar-refractivity contribution in [3.63, 3.8) is 0 Å². The Morgan fingerprint density at radius 3 is 2.67 bits per heavy atom. The SMILES string of the molecule is CCCCCN(CC(=O)Nc1ccc(F)c(N)c1)C(C)C. The van der Waals surface area contributed by atoms with E-state index >= 15 is 0 Å². The van der Waals surface area contributed by atoms with Gasteiger partial charge in [0.25, 0.3) is 0 Å². The van der Waals surface area contributed by atoms with Gasteiger partial charge in [-0.3, -0.25) is 9.69 Å². The van der Waals surface area contributed by atoms with Gasteiger partial charge in [-0.05, 0) is 45.0 Å². The molecule has 0 aliphatic carbocycles. The second kappa shape index (κ2) is 8.62. The van der Waals surface area contributed by atoms with Gasteiger partial charge < -0.3 is 11.1 Å². The van der Waals surface area contributed by atoms with Gasteiger partial charge in [0.05, 0.1) is 12.2 Å².